The van der Waals surface area contributed by atoms with Crippen LogP contribution in [-0.2, 0) is 0 Å². The molecule has 1 heterocycles. The van der Waals surface area contributed by atoms with Crippen molar-refractivity contribution < 1.29 is 9.52 Å². The molecule has 1 unspecified atom stereocenters. The Bertz CT molecular complexity index is 413. The Morgan fingerprint density at radius 1 is 1.33 bits per heavy atom. The quantitative estimate of drug-likeness (QED) is 0.709. The first-order valence-corrected chi connectivity index (χ1v) is 4.73. The highest BCUT2D eigenvalue weighted by molar-refractivity contribution is 5.30. The van der Waals surface area contributed by atoms with Gasteiger partial charge in [0.25, 0.3) is 0 Å². The molecule has 78 valence electrons. The summed E-state index contributed by atoms with van der Waals surface area (Å²) in [6, 6.07) is 3.39. The lowest BCUT2D eigenvalue weighted by molar-refractivity contribution is 0.206. The second-order valence-electron chi connectivity index (χ2n) is 4.19. The standard InChI is InChI=1S/C13H14O2/c1-13(2,3)9-5-4-7-11(14)12-8-6-10-15-12/h6,8,10-11,14H,1-3H3. The van der Waals surface area contributed by atoms with Crippen LogP contribution in [0.1, 0.15) is 32.6 Å². The van der Waals surface area contributed by atoms with Crippen molar-refractivity contribution in [2.24, 2.45) is 5.41 Å². The van der Waals surface area contributed by atoms with Gasteiger partial charge in [-0.3, -0.25) is 0 Å². The second kappa shape index (κ2) is 4.73. The fourth-order valence-electron chi connectivity index (χ4n) is 0.841. The first kappa shape index (κ1) is 11.4. The normalized spacial score (nSPS) is 12.0. The third-order valence-electron chi connectivity index (χ3n) is 1.52. The smallest absolute Gasteiger partial charge is 0.173 e. The number of rotatable bonds is 1. The van der Waals surface area contributed by atoms with Gasteiger partial charge in [-0.15, -0.1) is 0 Å². The van der Waals surface area contributed by atoms with Crippen molar-refractivity contribution in [2.45, 2.75) is 26.9 Å². The summed E-state index contributed by atoms with van der Waals surface area (Å²) in [6.45, 7) is 6.01. The summed E-state index contributed by atoms with van der Waals surface area (Å²) < 4.78 is 4.99. The first-order chi connectivity index (χ1) is 6.99. The Balaban J connectivity index is 2.62. The molecule has 1 aromatic rings. The predicted octanol–water partition coefficient (Wildman–Crippen LogP) is 2.37. The van der Waals surface area contributed by atoms with E-state index in [0.717, 1.165) is 0 Å². The van der Waals surface area contributed by atoms with Crippen molar-refractivity contribution in [3.8, 4) is 23.7 Å². The van der Waals surface area contributed by atoms with E-state index in [0.29, 0.717) is 5.76 Å². The van der Waals surface area contributed by atoms with Crippen molar-refractivity contribution in [2.75, 3.05) is 0 Å². The molecular formula is C13H14O2. The highest BCUT2D eigenvalue weighted by atomic mass is 16.4. The van der Waals surface area contributed by atoms with Gasteiger partial charge in [0.1, 0.15) is 5.76 Å². The van der Waals surface area contributed by atoms with Gasteiger partial charge in [-0.2, -0.15) is 0 Å². The molecule has 15 heavy (non-hydrogen) atoms. The Kier molecular flexibility index (Phi) is 3.61. The largest absolute Gasteiger partial charge is 0.466 e. The van der Waals surface area contributed by atoms with Gasteiger partial charge < -0.3 is 9.52 Å². The van der Waals surface area contributed by atoms with E-state index in [1.165, 1.54) is 6.26 Å². The molecule has 1 rings (SSSR count). The number of hydrogen-bond donors (Lipinski definition) is 1. The number of furan rings is 1. The van der Waals surface area contributed by atoms with Crippen LogP contribution in [0.4, 0.5) is 0 Å². The van der Waals surface area contributed by atoms with E-state index in [1.54, 1.807) is 12.1 Å². The minimum atomic E-state index is -0.894. The average molecular weight is 202 g/mol. The molecule has 0 saturated heterocycles. The Labute approximate surface area is 90.3 Å². The molecule has 0 fully saturated rings. The van der Waals surface area contributed by atoms with Gasteiger partial charge in [-0.25, -0.2) is 0 Å². The zero-order chi connectivity index (χ0) is 11.3. The topological polar surface area (TPSA) is 33.4 Å². The van der Waals surface area contributed by atoms with Gasteiger partial charge in [-0.1, -0.05) is 5.92 Å². The molecule has 1 atom stereocenters. The highest BCUT2D eigenvalue weighted by Crippen LogP contribution is 2.11. The van der Waals surface area contributed by atoms with Gasteiger partial charge >= 0.3 is 0 Å². The van der Waals surface area contributed by atoms with E-state index in [1.807, 2.05) is 20.8 Å². The van der Waals surface area contributed by atoms with Gasteiger partial charge in [-0.05, 0) is 50.7 Å². The van der Waals surface area contributed by atoms with Crippen LogP contribution in [0.25, 0.3) is 0 Å². The summed E-state index contributed by atoms with van der Waals surface area (Å²) in [6.07, 6.45) is 0.607. The lowest BCUT2D eigenvalue weighted by Crippen LogP contribution is -1.98. The van der Waals surface area contributed by atoms with E-state index in [9.17, 15) is 5.11 Å². The molecule has 2 nitrogen and oxygen atoms in total. The lowest BCUT2D eigenvalue weighted by Gasteiger charge is -2.05. The highest BCUT2D eigenvalue weighted by Gasteiger charge is 2.05. The molecule has 0 bridgehead atoms. The van der Waals surface area contributed by atoms with Gasteiger partial charge in [0.05, 0.1) is 6.26 Å². The van der Waals surface area contributed by atoms with E-state index in [2.05, 4.69) is 23.7 Å². The van der Waals surface area contributed by atoms with Crippen molar-refractivity contribution in [1.29, 1.82) is 0 Å². The average Bonchev–Trinajstić information content (AvgIpc) is 2.63. The van der Waals surface area contributed by atoms with E-state index in [4.69, 9.17) is 4.42 Å². The van der Waals surface area contributed by atoms with Gasteiger partial charge in [0, 0.05) is 5.41 Å². The predicted molar refractivity (Wildman–Crippen MR) is 58.7 cm³/mol. The molecule has 0 aliphatic carbocycles. The number of hydrogen-bond acceptors (Lipinski definition) is 2. The molecular weight excluding hydrogens is 188 g/mol. The maximum atomic E-state index is 9.50. The summed E-state index contributed by atoms with van der Waals surface area (Å²) in [7, 11) is 0. The van der Waals surface area contributed by atoms with Crippen LogP contribution in [0, 0.1) is 29.1 Å². The number of aliphatic hydroxyl groups excluding tert-OH is 1. The molecule has 0 aliphatic heterocycles. The van der Waals surface area contributed by atoms with Crippen LogP contribution in [0.2, 0.25) is 0 Å². The third-order valence-corrected chi connectivity index (χ3v) is 1.52. The zero-order valence-electron chi connectivity index (χ0n) is 9.16. The third kappa shape index (κ3) is 4.40. The molecule has 0 amide bonds. The SMILES string of the molecule is CC(C)(C)C#CC#CC(O)c1ccco1. The molecule has 1 N–H and O–H groups in total. The molecule has 0 spiro atoms. The second-order valence-corrected chi connectivity index (χ2v) is 4.19. The summed E-state index contributed by atoms with van der Waals surface area (Å²) >= 11 is 0. The molecule has 0 radical (unpaired) electrons. The summed E-state index contributed by atoms with van der Waals surface area (Å²) in [5.41, 5.74) is -0.0652. The Morgan fingerprint density at radius 2 is 2.07 bits per heavy atom. The molecule has 0 aliphatic rings. The van der Waals surface area contributed by atoms with Crippen molar-refractivity contribution >= 4 is 0 Å². The van der Waals surface area contributed by atoms with Crippen LogP contribution in [0.3, 0.4) is 0 Å². The fourth-order valence-corrected chi connectivity index (χ4v) is 0.841. The van der Waals surface area contributed by atoms with Crippen molar-refractivity contribution in [1.82, 2.24) is 0 Å². The zero-order valence-corrected chi connectivity index (χ0v) is 9.16. The first-order valence-electron chi connectivity index (χ1n) is 4.73. The van der Waals surface area contributed by atoms with Crippen LogP contribution in [0.15, 0.2) is 22.8 Å². The maximum absolute atomic E-state index is 9.50. The molecule has 1 aromatic heterocycles. The van der Waals surface area contributed by atoms with Gasteiger partial charge in [0.15, 0.2) is 6.10 Å². The van der Waals surface area contributed by atoms with Crippen molar-refractivity contribution in [3.63, 3.8) is 0 Å². The molecule has 2 heteroatoms. The summed E-state index contributed by atoms with van der Waals surface area (Å²) in [5.74, 6) is 11.3. The maximum Gasteiger partial charge on any atom is 0.173 e. The van der Waals surface area contributed by atoms with Crippen LogP contribution in [-0.4, -0.2) is 5.11 Å². The van der Waals surface area contributed by atoms with E-state index < -0.39 is 6.10 Å². The van der Waals surface area contributed by atoms with Crippen LogP contribution < -0.4 is 0 Å². The van der Waals surface area contributed by atoms with E-state index >= 15 is 0 Å². The summed E-state index contributed by atoms with van der Waals surface area (Å²) in [5, 5.41) is 9.50. The minimum absolute atomic E-state index is 0.0652. The van der Waals surface area contributed by atoms with Crippen LogP contribution in [0.5, 0.6) is 0 Å². The lowest BCUT2D eigenvalue weighted by atomic mass is 9.98. The minimum Gasteiger partial charge on any atom is -0.466 e. The monoisotopic (exact) mass is 202 g/mol. The molecule has 0 aromatic carbocycles. The van der Waals surface area contributed by atoms with E-state index in [-0.39, 0.29) is 5.41 Å². The molecule has 0 saturated carbocycles. The van der Waals surface area contributed by atoms with Gasteiger partial charge in [0.2, 0.25) is 0 Å². The fraction of sp³-hybridized carbons (Fsp3) is 0.385. The Hall–Kier alpha value is -1.64. The Morgan fingerprint density at radius 3 is 2.60 bits per heavy atom. The summed E-state index contributed by atoms with van der Waals surface area (Å²) in [4.78, 5) is 0. The van der Waals surface area contributed by atoms with Crippen LogP contribution >= 0.6 is 0 Å². The van der Waals surface area contributed by atoms with Crippen molar-refractivity contribution in [3.05, 3.63) is 24.2 Å². The number of aliphatic hydroxyl groups is 1.